The van der Waals surface area contributed by atoms with Crippen molar-refractivity contribution in [2.24, 2.45) is 0 Å². The summed E-state index contributed by atoms with van der Waals surface area (Å²) in [6.07, 6.45) is 2.50. The first-order chi connectivity index (χ1) is 15.6. The van der Waals surface area contributed by atoms with Crippen LogP contribution in [0.1, 0.15) is 21.5 Å². The number of pyridine rings is 1. The van der Waals surface area contributed by atoms with Crippen molar-refractivity contribution in [1.82, 2.24) is 25.2 Å². The molecule has 0 spiro atoms. The summed E-state index contributed by atoms with van der Waals surface area (Å²) < 4.78 is 0.458. The van der Waals surface area contributed by atoms with E-state index in [1.54, 1.807) is 23.7 Å². The summed E-state index contributed by atoms with van der Waals surface area (Å²) in [4.78, 5) is 39.5. The number of piperazine rings is 1. The van der Waals surface area contributed by atoms with Crippen molar-refractivity contribution in [3.8, 4) is 11.5 Å². The second-order valence-corrected chi connectivity index (χ2v) is 8.93. The van der Waals surface area contributed by atoms with Gasteiger partial charge in [-0.2, -0.15) is 0 Å². The lowest BCUT2D eigenvalue weighted by atomic mass is 10.0. The van der Waals surface area contributed by atoms with Gasteiger partial charge in [0.1, 0.15) is 15.9 Å². The maximum absolute atomic E-state index is 13.4. The molecule has 2 N–H and O–H groups in total. The lowest BCUT2D eigenvalue weighted by Crippen LogP contribution is -2.53. The predicted molar refractivity (Wildman–Crippen MR) is 126 cm³/mol. The van der Waals surface area contributed by atoms with E-state index in [9.17, 15) is 9.59 Å². The average Bonchev–Trinajstić information content (AvgIpc) is 3.25. The Balaban J connectivity index is 1.41. The first-order valence-electron chi connectivity index (χ1n) is 10.6. The molecule has 4 heterocycles. The third-order valence-electron chi connectivity index (χ3n) is 5.71. The molecule has 0 aliphatic carbocycles. The highest BCUT2D eigenvalue weighted by atomic mass is 32.1. The van der Waals surface area contributed by atoms with E-state index in [0.29, 0.717) is 40.4 Å². The van der Waals surface area contributed by atoms with Crippen LogP contribution in [0.25, 0.3) is 21.7 Å². The zero-order chi connectivity index (χ0) is 22.1. The van der Waals surface area contributed by atoms with Crippen LogP contribution < -0.4 is 10.9 Å². The van der Waals surface area contributed by atoms with E-state index < -0.39 is 0 Å². The summed E-state index contributed by atoms with van der Waals surface area (Å²) in [6.45, 7) is 4.04. The van der Waals surface area contributed by atoms with Crippen LogP contribution in [0.2, 0.25) is 0 Å². The van der Waals surface area contributed by atoms with Crippen molar-refractivity contribution in [3.05, 3.63) is 81.1 Å². The maximum Gasteiger partial charge on any atom is 0.269 e. The summed E-state index contributed by atoms with van der Waals surface area (Å²) in [7, 11) is 0. The van der Waals surface area contributed by atoms with Crippen LogP contribution in [0.4, 0.5) is 0 Å². The normalized spacial score (nSPS) is 16.4. The van der Waals surface area contributed by atoms with Crippen molar-refractivity contribution >= 4 is 27.5 Å². The number of H-pyrrole nitrogens is 1. The van der Waals surface area contributed by atoms with Crippen LogP contribution in [0, 0.1) is 6.92 Å². The number of nitrogens with one attached hydrogen (secondary N) is 2. The Hall–Kier alpha value is -3.36. The number of rotatable bonds is 4. The largest absolute Gasteiger partial charge is 0.336 e. The SMILES string of the molecule is Cc1ccc(CC2CN(C(=O)c3csc4c(=O)[nH]c(-c5ccccn5)nc34)CCN2)cc1. The number of hydrogen-bond donors (Lipinski definition) is 2. The number of fused-ring (bicyclic) bond motifs is 1. The summed E-state index contributed by atoms with van der Waals surface area (Å²) in [6, 6.07) is 14.1. The number of hydrogen-bond acceptors (Lipinski definition) is 6. The number of thiophene rings is 1. The molecule has 0 radical (unpaired) electrons. The summed E-state index contributed by atoms with van der Waals surface area (Å²) in [5, 5.41) is 5.26. The molecule has 5 rings (SSSR count). The number of amides is 1. The molecule has 1 aliphatic heterocycles. The van der Waals surface area contributed by atoms with Gasteiger partial charge in [0.15, 0.2) is 5.82 Å². The Kier molecular flexibility index (Phi) is 5.55. The molecule has 3 aromatic heterocycles. The number of benzene rings is 1. The number of aryl methyl sites for hydroxylation is 1. The molecule has 4 aromatic rings. The molecule has 1 aromatic carbocycles. The third-order valence-corrected chi connectivity index (χ3v) is 6.68. The highest BCUT2D eigenvalue weighted by Crippen LogP contribution is 2.25. The molecule has 8 heteroatoms. The Morgan fingerprint density at radius 1 is 1.22 bits per heavy atom. The fourth-order valence-corrected chi connectivity index (χ4v) is 4.90. The third kappa shape index (κ3) is 4.06. The molecule has 1 saturated heterocycles. The van der Waals surface area contributed by atoms with Crippen LogP contribution in [-0.4, -0.2) is 51.4 Å². The molecule has 162 valence electrons. The van der Waals surface area contributed by atoms with Gasteiger partial charge in [0, 0.05) is 37.3 Å². The molecule has 1 amide bonds. The molecule has 0 bridgehead atoms. The lowest BCUT2D eigenvalue weighted by molar-refractivity contribution is 0.0705. The first-order valence-corrected chi connectivity index (χ1v) is 11.5. The molecule has 1 aliphatic rings. The van der Waals surface area contributed by atoms with E-state index in [-0.39, 0.29) is 17.5 Å². The Labute approximate surface area is 189 Å². The van der Waals surface area contributed by atoms with Gasteiger partial charge in [-0.1, -0.05) is 35.9 Å². The van der Waals surface area contributed by atoms with E-state index in [1.807, 2.05) is 11.0 Å². The van der Waals surface area contributed by atoms with Gasteiger partial charge in [-0.25, -0.2) is 4.98 Å². The van der Waals surface area contributed by atoms with E-state index in [0.717, 1.165) is 13.0 Å². The van der Waals surface area contributed by atoms with E-state index in [2.05, 4.69) is 51.5 Å². The highest BCUT2D eigenvalue weighted by molar-refractivity contribution is 7.17. The summed E-state index contributed by atoms with van der Waals surface area (Å²) in [5.41, 5.74) is 3.71. The second-order valence-electron chi connectivity index (χ2n) is 8.05. The van der Waals surface area contributed by atoms with Gasteiger partial charge in [0.2, 0.25) is 0 Å². The molecule has 1 unspecified atom stereocenters. The maximum atomic E-state index is 13.4. The number of carbonyl (C=O) groups excluding carboxylic acids is 1. The lowest BCUT2D eigenvalue weighted by Gasteiger charge is -2.33. The summed E-state index contributed by atoms with van der Waals surface area (Å²) in [5.74, 6) is 0.282. The highest BCUT2D eigenvalue weighted by Gasteiger charge is 2.27. The van der Waals surface area contributed by atoms with Crippen molar-refractivity contribution in [3.63, 3.8) is 0 Å². The molecule has 0 saturated carbocycles. The van der Waals surface area contributed by atoms with Gasteiger partial charge in [-0.15, -0.1) is 11.3 Å². The topological polar surface area (TPSA) is 91.0 Å². The van der Waals surface area contributed by atoms with Gasteiger partial charge < -0.3 is 15.2 Å². The molecule has 1 fully saturated rings. The van der Waals surface area contributed by atoms with Gasteiger partial charge in [0.05, 0.1) is 5.56 Å². The van der Waals surface area contributed by atoms with Crippen LogP contribution in [0.5, 0.6) is 0 Å². The van der Waals surface area contributed by atoms with Crippen molar-refractivity contribution in [2.45, 2.75) is 19.4 Å². The van der Waals surface area contributed by atoms with Gasteiger partial charge in [0.25, 0.3) is 11.5 Å². The minimum absolute atomic E-state index is 0.0864. The van der Waals surface area contributed by atoms with Crippen molar-refractivity contribution < 1.29 is 4.79 Å². The smallest absolute Gasteiger partial charge is 0.269 e. The number of aromatic nitrogens is 3. The fourth-order valence-electron chi connectivity index (χ4n) is 4.03. The van der Waals surface area contributed by atoms with Crippen LogP contribution in [0.3, 0.4) is 0 Å². The van der Waals surface area contributed by atoms with Gasteiger partial charge >= 0.3 is 0 Å². The average molecular weight is 446 g/mol. The van der Waals surface area contributed by atoms with Crippen LogP contribution in [-0.2, 0) is 6.42 Å². The van der Waals surface area contributed by atoms with Crippen LogP contribution in [0.15, 0.2) is 58.8 Å². The van der Waals surface area contributed by atoms with E-state index in [1.165, 1.54) is 22.5 Å². The Morgan fingerprint density at radius 3 is 2.84 bits per heavy atom. The quantitative estimate of drug-likeness (QED) is 0.504. The monoisotopic (exact) mass is 445 g/mol. The van der Waals surface area contributed by atoms with Crippen molar-refractivity contribution in [1.29, 1.82) is 0 Å². The van der Waals surface area contributed by atoms with Crippen LogP contribution >= 0.6 is 11.3 Å². The second kappa shape index (κ2) is 8.64. The Morgan fingerprint density at radius 2 is 2.06 bits per heavy atom. The molecule has 1 atom stereocenters. The standard InChI is InChI=1S/C24H23N5O2S/c1-15-5-7-16(8-6-15)12-17-13-29(11-10-25-17)24(31)18-14-32-21-20(18)27-22(28-23(21)30)19-4-2-3-9-26-19/h2-9,14,17,25H,10-13H2,1H3,(H,27,28,30). The van der Waals surface area contributed by atoms with E-state index >= 15 is 0 Å². The molecule has 7 nitrogen and oxygen atoms in total. The van der Waals surface area contributed by atoms with Gasteiger partial charge in [-0.05, 0) is 31.0 Å². The first kappa shape index (κ1) is 20.5. The molecule has 32 heavy (non-hydrogen) atoms. The Bertz CT molecular complexity index is 1310. The molecular weight excluding hydrogens is 422 g/mol. The molecular formula is C24H23N5O2S. The zero-order valence-corrected chi connectivity index (χ0v) is 18.5. The minimum Gasteiger partial charge on any atom is -0.336 e. The predicted octanol–water partition coefficient (Wildman–Crippen LogP) is 3.01. The van der Waals surface area contributed by atoms with Crippen molar-refractivity contribution in [2.75, 3.05) is 19.6 Å². The number of nitrogens with zero attached hydrogens (tertiary/aromatic N) is 3. The summed E-state index contributed by atoms with van der Waals surface area (Å²) >= 11 is 1.25. The fraction of sp³-hybridized carbons (Fsp3) is 0.250. The minimum atomic E-state index is -0.253. The van der Waals surface area contributed by atoms with Gasteiger partial charge in [-0.3, -0.25) is 14.6 Å². The number of aromatic amines is 1. The number of carbonyl (C=O) groups is 1. The van der Waals surface area contributed by atoms with E-state index in [4.69, 9.17) is 0 Å². The zero-order valence-electron chi connectivity index (χ0n) is 17.7.